The number of carbonyl (C=O) groups excluding carboxylic acids is 1. The molecule has 2 rings (SSSR count). The Hall–Kier alpha value is -2.73. The highest BCUT2D eigenvalue weighted by Crippen LogP contribution is 2.32. The molecule has 0 fully saturated rings. The summed E-state index contributed by atoms with van der Waals surface area (Å²) in [5.41, 5.74) is 3.40. The van der Waals surface area contributed by atoms with Crippen LogP contribution in [-0.2, 0) is 0 Å². The van der Waals surface area contributed by atoms with E-state index >= 15 is 0 Å². The second kappa shape index (κ2) is 8.21. The monoisotopic (exact) mass is 348 g/mol. The number of methoxy groups -OCH3 is 3. The molecule has 1 amide bonds. The summed E-state index contributed by atoms with van der Waals surface area (Å²) in [6.45, 7) is 0. The Morgan fingerprint density at radius 2 is 1.67 bits per heavy atom. The van der Waals surface area contributed by atoms with E-state index in [1.54, 1.807) is 36.4 Å². The predicted molar refractivity (Wildman–Crippen MR) is 92.6 cm³/mol. The van der Waals surface area contributed by atoms with Crippen molar-refractivity contribution >= 4 is 23.7 Å². The molecular formula is C17H17ClN2O4. The minimum absolute atomic E-state index is 0.385. The molecule has 0 unspecified atom stereocenters. The van der Waals surface area contributed by atoms with E-state index in [1.807, 2.05) is 0 Å². The van der Waals surface area contributed by atoms with Crippen LogP contribution >= 0.6 is 11.6 Å². The summed E-state index contributed by atoms with van der Waals surface area (Å²) >= 11 is 6.16. The number of carbonyl (C=O) groups is 1. The van der Waals surface area contributed by atoms with E-state index in [0.29, 0.717) is 33.4 Å². The fraction of sp³-hybridized carbons (Fsp3) is 0.176. The van der Waals surface area contributed by atoms with Gasteiger partial charge in [-0.1, -0.05) is 23.7 Å². The molecule has 0 aliphatic carbocycles. The standard InChI is InChI=1S/C17H17ClN2O4/c1-22-14-7-5-4-6-12(14)17(21)20-19-10-11-8-15(23-2)16(24-3)9-13(11)18/h4-10H,1-3H3,(H,20,21)/b19-10-. The van der Waals surface area contributed by atoms with Gasteiger partial charge in [0.05, 0.1) is 38.1 Å². The second-order valence-corrected chi connectivity index (χ2v) is 5.04. The Balaban J connectivity index is 2.15. The molecule has 6 nitrogen and oxygen atoms in total. The molecule has 0 radical (unpaired) electrons. The number of benzene rings is 2. The van der Waals surface area contributed by atoms with Crippen LogP contribution in [0.3, 0.4) is 0 Å². The van der Waals surface area contributed by atoms with Crippen LogP contribution in [0.25, 0.3) is 0 Å². The number of nitrogens with zero attached hydrogens (tertiary/aromatic N) is 1. The summed E-state index contributed by atoms with van der Waals surface area (Å²) in [5.74, 6) is 1.10. The van der Waals surface area contributed by atoms with Crippen molar-refractivity contribution in [1.29, 1.82) is 0 Å². The minimum Gasteiger partial charge on any atom is -0.496 e. The third-order valence-corrected chi connectivity index (χ3v) is 3.55. The fourth-order valence-electron chi connectivity index (χ4n) is 2.02. The van der Waals surface area contributed by atoms with Crippen LogP contribution in [0.1, 0.15) is 15.9 Å². The normalized spacial score (nSPS) is 10.5. The van der Waals surface area contributed by atoms with Gasteiger partial charge in [0.25, 0.3) is 5.91 Å². The van der Waals surface area contributed by atoms with Crippen LogP contribution in [-0.4, -0.2) is 33.5 Å². The molecule has 2 aromatic carbocycles. The van der Waals surface area contributed by atoms with E-state index in [1.165, 1.54) is 27.5 Å². The third-order valence-electron chi connectivity index (χ3n) is 3.22. The number of rotatable bonds is 6. The predicted octanol–water partition coefficient (Wildman–Crippen LogP) is 3.13. The van der Waals surface area contributed by atoms with Crippen LogP contribution in [0.2, 0.25) is 5.02 Å². The maximum absolute atomic E-state index is 12.1. The van der Waals surface area contributed by atoms with Gasteiger partial charge in [0, 0.05) is 11.6 Å². The highest BCUT2D eigenvalue weighted by Gasteiger charge is 2.11. The summed E-state index contributed by atoms with van der Waals surface area (Å²) < 4.78 is 15.5. The number of nitrogens with one attached hydrogen (secondary N) is 1. The minimum atomic E-state index is -0.389. The molecular weight excluding hydrogens is 332 g/mol. The lowest BCUT2D eigenvalue weighted by molar-refractivity contribution is 0.0952. The first-order valence-corrected chi connectivity index (χ1v) is 7.36. The molecule has 0 saturated carbocycles. The fourth-order valence-corrected chi connectivity index (χ4v) is 2.22. The van der Waals surface area contributed by atoms with E-state index in [9.17, 15) is 4.79 Å². The maximum Gasteiger partial charge on any atom is 0.275 e. The molecule has 1 N–H and O–H groups in total. The number of ether oxygens (including phenoxy) is 3. The first-order chi connectivity index (χ1) is 11.6. The summed E-state index contributed by atoms with van der Waals surface area (Å²) in [4.78, 5) is 12.1. The smallest absolute Gasteiger partial charge is 0.275 e. The van der Waals surface area contributed by atoms with Crippen molar-refractivity contribution in [2.75, 3.05) is 21.3 Å². The van der Waals surface area contributed by atoms with Gasteiger partial charge in [-0.25, -0.2) is 5.43 Å². The number of hydrogen-bond donors (Lipinski definition) is 1. The van der Waals surface area contributed by atoms with E-state index in [4.69, 9.17) is 25.8 Å². The van der Waals surface area contributed by atoms with Gasteiger partial charge in [-0.3, -0.25) is 4.79 Å². The van der Waals surface area contributed by atoms with Gasteiger partial charge in [-0.15, -0.1) is 0 Å². The molecule has 0 aromatic heterocycles. The van der Waals surface area contributed by atoms with E-state index in [0.717, 1.165) is 0 Å². The highest BCUT2D eigenvalue weighted by molar-refractivity contribution is 6.33. The molecule has 0 spiro atoms. The Morgan fingerprint density at radius 3 is 2.33 bits per heavy atom. The number of amides is 1. The van der Waals surface area contributed by atoms with Gasteiger partial charge in [-0.05, 0) is 18.2 Å². The number of para-hydroxylation sites is 1. The van der Waals surface area contributed by atoms with Crippen LogP contribution in [0.15, 0.2) is 41.5 Å². The summed E-state index contributed by atoms with van der Waals surface area (Å²) in [6, 6.07) is 10.1. The zero-order chi connectivity index (χ0) is 17.5. The van der Waals surface area contributed by atoms with Gasteiger partial charge in [0.2, 0.25) is 0 Å². The lowest BCUT2D eigenvalue weighted by Crippen LogP contribution is -2.18. The van der Waals surface area contributed by atoms with E-state index in [2.05, 4.69) is 10.5 Å². The molecule has 7 heteroatoms. The molecule has 0 bridgehead atoms. The summed E-state index contributed by atoms with van der Waals surface area (Å²) in [5, 5.41) is 4.34. The van der Waals surface area contributed by atoms with Gasteiger partial charge < -0.3 is 14.2 Å². The number of hydrazone groups is 1. The Morgan fingerprint density at radius 1 is 1.04 bits per heavy atom. The van der Waals surface area contributed by atoms with Crippen LogP contribution in [0, 0.1) is 0 Å². The van der Waals surface area contributed by atoms with Crippen molar-refractivity contribution in [3.63, 3.8) is 0 Å². The zero-order valence-electron chi connectivity index (χ0n) is 13.5. The van der Waals surface area contributed by atoms with Crippen molar-refractivity contribution in [3.05, 3.63) is 52.5 Å². The number of hydrogen-bond acceptors (Lipinski definition) is 5. The number of halogens is 1. The average Bonchev–Trinajstić information content (AvgIpc) is 2.62. The SMILES string of the molecule is COc1cc(Cl)c(/C=N\NC(=O)c2ccccc2OC)cc1OC. The Labute approximate surface area is 145 Å². The van der Waals surface area contributed by atoms with E-state index in [-0.39, 0.29) is 5.91 Å². The van der Waals surface area contributed by atoms with E-state index < -0.39 is 0 Å². The van der Waals surface area contributed by atoms with Gasteiger partial charge in [0.1, 0.15) is 5.75 Å². The van der Waals surface area contributed by atoms with Gasteiger partial charge in [0.15, 0.2) is 11.5 Å². The van der Waals surface area contributed by atoms with Crippen LogP contribution in [0.5, 0.6) is 17.2 Å². The van der Waals surface area contributed by atoms with Crippen molar-refractivity contribution in [2.45, 2.75) is 0 Å². The van der Waals surface area contributed by atoms with Crippen molar-refractivity contribution in [3.8, 4) is 17.2 Å². The average molecular weight is 349 g/mol. The molecule has 24 heavy (non-hydrogen) atoms. The molecule has 0 saturated heterocycles. The largest absolute Gasteiger partial charge is 0.496 e. The highest BCUT2D eigenvalue weighted by atomic mass is 35.5. The topological polar surface area (TPSA) is 69.2 Å². The second-order valence-electron chi connectivity index (χ2n) is 4.63. The summed E-state index contributed by atoms with van der Waals surface area (Å²) in [7, 11) is 4.55. The maximum atomic E-state index is 12.1. The Bertz CT molecular complexity index is 762. The molecule has 0 atom stereocenters. The van der Waals surface area contributed by atoms with Crippen molar-refractivity contribution in [2.24, 2.45) is 5.10 Å². The first-order valence-electron chi connectivity index (χ1n) is 6.98. The third kappa shape index (κ3) is 3.97. The quantitative estimate of drug-likeness (QED) is 0.643. The van der Waals surface area contributed by atoms with Gasteiger partial charge >= 0.3 is 0 Å². The van der Waals surface area contributed by atoms with Crippen LogP contribution < -0.4 is 19.6 Å². The van der Waals surface area contributed by atoms with Gasteiger partial charge in [-0.2, -0.15) is 5.10 Å². The Kier molecular flexibility index (Phi) is 6.03. The molecule has 0 heterocycles. The van der Waals surface area contributed by atoms with Crippen LogP contribution in [0.4, 0.5) is 0 Å². The van der Waals surface area contributed by atoms with Crippen molar-refractivity contribution in [1.82, 2.24) is 5.43 Å². The molecule has 0 aliphatic rings. The molecule has 2 aromatic rings. The van der Waals surface area contributed by atoms with Crippen molar-refractivity contribution < 1.29 is 19.0 Å². The zero-order valence-corrected chi connectivity index (χ0v) is 14.3. The lowest BCUT2D eigenvalue weighted by Gasteiger charge is -2.09. The molecule has 0 aliphatic heterocycles. The lowest BCUT2D eigenvalue weighted by atomic mass is 10.2. The first kappa shape index (κ1) is 17.6. The summed E-state index contributed by atoms with van der Waals surface area (Å²) in [6.07, 6.45) is 1.43. The molecule has 126 valence electrons.